The van der Waals surface area contributed by atoms with E-state index in [9.17, 15) is 14.9 Å². The van der Waals surface area contributed by atoms with E-state index in [1.165, 1.54) is 32.1 Å². The third-order valence-electron chi connectivity index (χ3n) is 4.84. The summed E-state index contributed by atoms with van der Waals surface area (Å²) < 4.78 is 10.6. The van der Waals surface area contributed by atoms with Crippen LogP contribution in [0.15, 0.2) is 12.1 Å². The van der Waals surface area contributed by atoms with Gasteiger partial charge < -0.3 is 19.7 Å². The number of methoxy groups -OCH3 is 1. The van der Waals surface area contributed by atoms with Crippen molar-refractivity contribution >= 4 is 11.6 Å². The van der Waals surface area contributed by atoms with Crippen LogP contribution in [0.3, 0.4) is 0 Å². The van der Waals surface area contributed by atoms with Crippen molar-refractivity contribution in [3.63, 3.8) is 0 Å². The lowest BCUT2D eigenvalue weighted by Crippen LogP contribution is -2.35. The van der Waals surface area contributed by atoms with Gasteiger partial charge in [-0.15, -0.1) is 0 Å². The van der Waals surface area contributed by atoms with E-state index in [4.69, 9.17) is 9.47 Å². The lowest BCUT2D eigenvalue weighted by atomic mass is 9.99. The molecule has 0 aromatic heterocycles. The number of rotatable bonds is 9. The average Bonchev–Trinajstić information content (AvgIpc) is 2.66. The average molecular weight is 379 g/mol. The van der Waals surface area contributed by atoms with Gasteiger partial charge in [0.2, 0.25) is 0 Å². The number of amides is 1. The highest BCUT2D eigenvalue weighted by atomic mass is 16.6. The molecule has 0 radical (unpaired) electrons. The Labute approximate surface area is 160 Å². The maximum absolute atomic E-state index is 12.5. The predicted molar refractivity (Wildman–Crippen MR) is 103 cm³/mol. The monoisotopic (exact) mass is 379 g/mol. The summed E-state index contributed by atoms with van der Waals surface area (Å²) in [6.45, 7) is 7.96. The number of ether oxygens (including phenoxy) is 2. The normalized spacial score (nSPS) is 15.4. The summed E-state index contributed by atoms with van der Waals surface area (Å²) in [7, 11) is 1.44. The lowest BCUT2D eigenvalue weighted by molar-refractivity contribution is -0.385. The Morgan fingerprint density at radius 1 is 1.33 bits per heavy atom. The lowest BCUT2D eigenvalue weighted by Gasteiger charge is -2.30. The number of hydrogen-bond donors (Lipinski definition) is 1. The molecule has 0 saturated carbocycles. The number of carbonyl (C=O) groups excluding carboxylic acids is 1. The van der Waals surface area contributed by atoms with E-state index >= 15 is 0 Å². The Hall–Kier alpha value is -2.35. The molecule has 1 fully saturated rings. The van der Waals surface area contributed by atoms with E-state index < -0.39 is 10.8 Å². The first-order valence-electron chi connectivity index (χ1n) is 9.46. The van der Waals surface area contributed by atoms with Gasteiger partial charge in [0.25, 0.3) is 11.6 Å². The molecule has 0 bridgehead atoms. The van der Waals surface area contributed by atoms with E-state index in [1.54, 1.807) is 6.92 Å². The van der Waals surface area contributed by atoms with E-state index in [-0.39, 0.29) is 17.0 Å². The van der Waals surface area contributed by atoms with Crippen molar-refractivity contribution in [2.45, 2.75) is 33.1 Å². The Balaban J connectivity index is 1.97. The van der Waals surface area contributed by atoms with Gasteiger partial charge in [0.15, 0.2) is 11.5 Å². The van der Waals surface area contributed by atoms with Crippen molar-refractivity contribution in [1.82, 2.24) is 10.2 Å². The third kappa shape index (κ3) is 5.82. The fourth-order valence-corrected chi connectivity index (χ4v) is 3.20. The van der Waals surface area contributed by atoms with E-state index in [0.717, 1.165) is 32.0 Å². The minimum Gasteiger partial charge on any atom is -0.493 e. The molecule has 0 aliphatic carbocycles. The van der Waals surface area contributed by atoms with Crippen molar-refractivity contribution < 1.29 is 19.2 Å². The summed E-state index contributed by atoms with van der Waals surface area (Å²) in [5, 5.41) is 14.1. The zero-order chi connectivity index (χ0) is 19.8. The molecule has 0 unspecified atom stereocenters. The molecule has 150 valence electrons. The van der Waals surface area contributed by atoms with Crippen LogP contribution in [0.4, 0.5) is 5.69 Å². The molecule has 1 heterocycles. The molecular formula is C19H29N3O5. The first-order valence-corrected chi connectivity index (χ1v) is 9.46. The van der Waals surface area contributed by atoms with Gasteiger partial charge in [0.1, 0.15) is 5.56 Å². The van der Waals surface area contributed by atoms with Gasteiger partial charge in [0.05, 0.1) is 24.7 Å². The number of nitrogens with zero attached hydrogens (tertiary/aromatic N) is 2. The molecule has 0 spiro atoms. The summed E-state index contributed by atoms with van der Waals surface area (Å²) in [6, 6.07) is 2.61. The molecule has 27 heavy (non-hydrogen) atoms. The molecule has 1 aromatic rings. The zero-order valence-electron chi connectivity index (χ0n) is 16.3. The molecule has 1 aliphatic rings. The minimum atomic E-state index is -0.578. The minimum absolute atomic E-state index is 0.0212. The fraction of sp³-hybridized carbons (Fsp3) is 0.632. The Kier molecular flexibility index (Phi) is 7.84. The molecule has 8 nitrogen and oxygen atoms in total. The summed E-state index contributed by atoms with van der Waals surface area (Å²) >= 11 is 0. The molecule has 1 saturated heterocycles. The van der Waals surface area contributed by atoms with Crippen molar-refractivity contribution in [1.29, 1.82) is 0 Å². The molecule has 1 aliphatic heterocycles. The van der Waals surface area contributed by atoms with Gasteiger partial charge in [-0.3, -0.25) is 14.9 Å². The van der Waals surface area contributed by atoms with Crippen LogP contribution in [-0.4, -0.2) is 55.6 Å². The zero-order valence-corrected chi connectivity index (χ0v) is 16.3. The number of likely N-dealkylation sites (tertiary alicyclic amines) is 1. The summed E-state index contributed by atoms with van der Waals surface area (Å²) in [5.41, 5.74) is -0.311. The van der Waals surface area contributed by atoms with Crippen LogP contribution >= 0.6 is 0 Å². The standard InChI is InChI=1S/C19H29N3O5/c1-4-27-18-13-16(22(24)25)15(12-17(18)26-3)19(23)20-8-5-9-21-10-6-14(2)7-11-21/h12-14H,4-11H2,1-3H3,(H,20,23). The number of nitro benzene ring substituents is 1. The molecular weight excluding hydrogens is 350 g/mol. The van der Waals surface area contributed by atoms with Crippen molar-refractivity contribution in [2.75, 3.05) is 39.9 Å². The van der Waals surface area contributed by atoms with Crippen LogP contribution in [0, 0.1) is 16.0 Å². The van der Waals surface area contributed by atoms with Crippen molar-refractivity contribution in [3.05, 3.63) is 27.8 Å². The highest BCUT2D eigenvalue weighted by molar-refractivity contribution is 5.99. The number of benzene rings is 1. The van der Waals surface area contributed by atoms with Gasteiger partial charge in [-0.2, -0.15) is 0 Å². The van der Waals surface area contributed by atoms with Crippen LogP contribution in [0.25, 0.3) is 0 Å². The summed E-state index contributed by atoms with van der Waals surface area (Å²) in [6.07, 6.45) is 3.23. The molecule has 1 N–H and O–H groups in total. The molecule has 1 amide bonds. The first kappa shape index (κ1) is 21.0. The maximum Gasteiger partial charge on any atom is 0.286 e. The summed E-state index contributed by atoms with van der Waals surface area (Å²) in [5.74, 6) is 0.865. The predicted octanol–water partition coefficient (Wildman–Crippen LogP) is 2.85. The topological polar surface area (TPSA) is 93.9 Å². The van der Waals surface area contributed by atoms with E-state index in [2.05, 4.69) is 17.1 Å². The maximum atomic E-state index is 12.5. The highest BCUT2D eigenvalue weighted by Crippen LogP contribution is 2.34. The van der Waals surface area contributed by atoms with Crippen LogP contribution in [0.1, 0.15) is 43.5 Å². The SMILES string of the molecule is CCOc1cc([N+](=O)[O-])c(C(=O)NCCCN2CCC(C)CC2)cc1OC. The molecule has 2 rings (SSSR count). The van der Waals surface area contributed by atoms with Gasteiger partial charge in [-0.25, -0.2) is 0 Å². The number of nitrogens with one attached hydrogen (secondary N) is 1. The number of nitro groups is 1. The van der Waals surface area contributed by atoms with Crippen molar-refractivity contribution in [3.8, 4) is 11.5 Å². The Bertz CT molecular complexity index is 657. The van der Waals surface area contributed by atoms with E-state index in [1.807, 2.05) is 0 Å². The summed E-state index contributed by atoms with van der Waals surface area (Å²) in [4.78, 5) is 25.7. The number of carbonyl (C=O) groups is 1. The van der Waals surface area contributed by atoms with Crippen LogP contribution in [0.5, 0.6) is 11.5 Å². The van der Waals surface area contributed by atoms with Crippen molar-refractivity contribution in [2.24, 2.45) is 5.92 Å². The number of piperidine rings is 1. The quantitative estimate of drug-likeness (QED) is 0.403. The number of hydrogen-bond acceptors (Lipinski definition) is 6. The largest absolute Gasteiger partial charge is 0.493 e. The smallest absolute Gasteiger partial charge is 0.286 e. The van der Waals surface area contributed by atoms with Gasteiger partial charge in [-0.05, 0) is 51.7 Å². The Morgan fingerprint density at radius 2 is 2.04 bits per heavy atom. The highest BCUT2D eigenvalue weighted by Gasteiger charge is 2.24. The van der Waals surface area contributed by atoms with E-state index in [0.29, 0.717) is 18.9 Å². The van der Waals surface area contributed by atoms with Crippen LogP contribution in [-0.2, 0) is 0 Å². The second kappa shape index (κ2) is 10.1. The van der Waals surface area contributed by atoms with Gasteiger partial charge in [0, 0.05) is 12.6 Å². The first-order chi connectivity index (χ1) is 13.0. The second-order valence-corrected chi connectivity index (χ2v) is 6.84. The Morgan fingerprint density at radius 3 is 2.63 bits per heavy atom. The van der Waals surface area contributed by atoms with Gasteiger partial charge >= 0.3 is 0 Å². The third-order valence-corrected chi connectivity index (χ3v) is 4.84. The second-order valence-electron chi connectivity index (χ2n) is 6.84. The van der Waals surface area contributed by atoms with Gasteiger partial charge in [-0.1, -0.05) is 6.92 Å². The molecule has 8 heteroatoms. The fourth-order valence-electron chi connectivity index (χ4n) is 3.20. The van der Waals surface area contributed by atoms with Crippen LogP contribution in [0.2, 0.25) is 0 Å². The van der Waals surface area contributed by atoms with Crippen LogP contribution < -0.4 is 14.8 Å². The molecule has 0 atom stereocenters. The molecule has 1 aromatic carbocycles.